The van der Waals surface area contributed by atoms with E-state index in [0.717, 1.165) is 37.9 Å². The lowest BCUT2D eigenvalue weighted by Gasteiger charge is -2.31. The Morgan fingerprint density at radius 1 is 0.939 bits per heavy atom. The molecule has 2 N–H and O–H groups in total. The smallest absolute Gasteiger partial charge is 0.255 e. The zero-order valence-electron chi connectivity index (χ0n) is 19.3. The standard InChI is InChI=1S/C28H31N3O2/c1-3-20(2)29-28(33)24-11-5-6-12-25(24)30-27(32)23-16-14-21(15-17-23)19-31-18-8-10-22-9-4-7-13-26(22)31/h4-7,9,11-17,20H,3,8,10,18-19H2,1-2H3,(H,29,33)(H,30,32)/t20-/m0/s1. The molecule has 5 nitrogen and oxygen atoms in total. The van der Waals surface area contributed by atoms with Gasteiger partial charge in [-0.25, -0.2) is 0 Å². The third-order valence-electron chi connectivity index (χ3n) is 6.21. The molecule has 0 bridgehead atoms. The molecule has 1 aliphatic rings. The number of carbonyl (C=O) groups excluding carboxylic acids is 2. The van der Waals surface area contributed by atoms with Crippen LogP contribution in [0.1, 0.15) is 58.5 Å². The first-order valence-corrected chi connectivity index (χ1v) is 11.7. The molecule has 0 spiro atoms. The number of nitrogens with zero attached hydrogens (tertiary/aromatic N) is 1. The second-order valence-corrected chi connectivity index (χ2v) is 8.63. The Morgan fingerprint density at radius 2 is 1.67 bits per heavy atom. The molecule has 170 valence electrons. The number of anilines is 2. The summed E-state index contributed by atoms with van der Waals surface area (Å²) >= 11 is 0. The Kier molecular flexibility index (Phi) is 7.08. The SMILES string of the molecule is CC[C@H](C)NC(=O)c1ccccc1NC(=O)c1ccc(CN2CCCc3ccccc32)cc1. The maximum atomic E-state index is 12.9. The molecule has 0 fully saturated rings. The highest BCUT2D eigenvalue weighted by atomic mass is 16.2. The topological polar surface area (TPSA) is 61.4 Å². The van der Waals surface area contributed by atoms with Crippen LogP contribution in [-0.4, -0.2) is 24.4 Å². The van der Waals surface area contributed by atoms with E-state index in [4.69, 9.17) is 0 Å². The fraction of sp³-hybridized carbons (Fsp3) is 0.286. The quantitative estimate of drug-likeness (QED) is 0.515. The Bertz CT molecular complexity index is 1120. The summed E-state index contributed by atoms with van der Waals surface area (Å²) in [6, 6.07) is 23.5. The number of rotatable bonds is 7. The lowest BCUT2D eigenvalue weighted by Crippen LogP contribution is -2.32. The van der Waals surface area contributed by atoms with Crippen LogP contribution >= 0.6 is 0 Å². The second kappa shape index (κ2) is 10.3. The first-order valence-electron chi connectivity index (χ1n) is 11.7. The molecule has 0 saturated heterocycles. The Balaban J connectivity index is 1.43. The molecule has 0 aromatic heterocycles. The van der Waals surface area contributed by atoms with Crippen LogP contribution in [0.3, 0.4) is 0 Å². The van der Waals surface area contributed by atoms with Crippen LogP contribution in [-0.2, 0) is 13.0 Å². The maximum absolute atomic E-state index is 12.9. The predicted molar refractivity (Wildman–Crippen MR) is 134 cm³/mol. The fourth-order valence-corrected chi connectivity index (χ4v) is 4.15. The van der Waals surface area contributed by atoms with Gasteiger partial charge in [-0.15, -0.1) is 0 Å². The maximum Gasteiger partial charge on any atom is 0.255 e. The Hall–Kier alpha value is -3.60. The van der Waals surface area contributed by atoms with E-state index < -0.39 is 0 Å². The van der Waals surface area contributed by atoms with Crippen molar-refractivity contribution in [3.8, 4) is 0 Å². The largest absolute Gasteiger partial charge is 0.367 e. The van der Waals surface area contributed by atoms with Crippen molar-refractivity contribution < 1.29 is 9.59 Å². The van der Waals surface area contributed by atoms with E-state index in [-0.39, 0.29) is 17.9 Å². The summed E-state index contributed by atoms with van der Waals surface area (Å²) in [4.78, 5) is 27.9. The van der Waals surface area contributed by atoms with Crippen molar-refractivity contribution in [2.24, 2.45) is 0 Å². The molecule has 0 aliphatic carbocycles. The Labute approximate surface area is 195 Å². The molecular formula is C28H31N3O2. The fourth-order valence-electron chi connectivity index (χ4n) is 4.15. The lowest BCUT2D eigenvalue weighted by atomic mass is 10.0. The van der Waals surface area contributed by atoms with Gasteiger partial charge in [-0.1, -0.05) is 49.4 Å². The normalized spacial score (nSPS) is 13.7. The molecule has 33 heavy (non-hydrogen) atoms. The van der Waals surface area contributed by atoms with Gasteiger partial charge in [0.2, 0.25) is 0 Å². The van der Waals surface area contributed by atoms with Crippen molar-refractivity contribution in [2.75, 3.05) is 16.8 Å². The summed E-state index contributed by atoms with van der Waals surface area (Å²) in [5, 5.41) is 5.86. The van der Waals surface area contributed by atoms with E-state index >= 15 is 0 Å². The van der Waals surface area contributed by atoms with Crippen LogP contribution in [0.15, 0.2) is 72.8 Å². The first kappa shape index (κ1) is 22.6. The highest BCUT2D eigenvalue weighted by molar-refractivity contribution is 6.09. The van der Waals surface area contributed by atoms with Crippen LogP contribution in [0.5, 0.6) is 0 Å². The average molecular weight is 442 g/mol. The zero-order valence-corrected chi connectivity index (χ0v) is 19.3. The molecule has 2 amide bonds. The summed E-state index contributed by atoms with van der Waals surface area (Å²) in [6.07, 6.45) is 3.12. The van der Waals surface area contributed by atoms with Gasteiger partial charge in [-0.2, -0.15) is 0 Å². The predicted octanol–water partition coefficient (Wildman–Crippen LogP) is 5.42. The summed E-state index contributed by atoms with van der Waals surface area (Å²) in [5.41, 5.74) is 5.41. The number of benzene rings is 3. The van der Waals surface area contributed by atoms with Crippen molar-refractivity contribution in [1.29, 1.82) is 0 Å². The van der Waals surface area contributed by atoms with Crippen molar-refractivity contribution in [3.63, 3.8) is 0 Å². The minimum absolute atomic E-state index is 0.0701. The van der Waals surface area contributed by atoms with Crippen molar-refractivity contribution in [2.45, 2.75) is 45.7 Å². The summed E-state index contributed by atoms with van der Waals surface area (Å²) in [6.45, 7) is 5.84. The molecule has 0 radical (unpaired) electrons. The summed E-state index contributed by atoms with van der Waals surface area (Å²) in [7, 11) is 0. The number of nitrogens with one attached hydrogen (secondary N) is 2. The number of hydrogen-bond acceptors (Lipinski definition) is 3. The van der Waals surface area contributed by atoms with E-state index in [1.807, 2.05) is 44.2 Å². The number of fused-ring (bicyclic) bond motifs is 1. The summed E-state index contributed by atoms with van der Waals surface area (Å²) < 4.78 is 0. The van der Waals surface area contributed by atoms with E-state index in [2.05, 4.69) is 39.8 Å². The van der Waals surface area contributed by atoms with Gasteiger partial charge >= 0.3 is 0 Å². The van der Waals surface area contributed by atoms with Gasteiger partial charge in [0.1, 0.15) is 0 Å². The number of aryl methyl sites for hydroxylation is 1. The van der Waals surface area contributed by atoms with Gasteiger partial charge in [0.25, 0.3) is 11.8 Å². The molecular weight excluding hydrogens is 410 g/mol. The zero-order chi connectivity index (χ0) is 23.2. The summed E-state index contributed by atoms with van der Waals surface area (Å²) in [5.74, 6) is -0.411. The third kappa shape index (κ3) is 5.43. The first-order chi connectivity index (χ1) is 16.0. The minimum Gasteiger partial charge on any atom is -0.367 e. The van der Waals surface area contributed by atoms with Gasteiger partial charge in [-0.05, 0) is 67.6 Å². The van der Waals surface area contributed by atoms with Crippen LogP contribution in [0.2, 0.25) is 0 Å². The van der Waals surface area contributed by atoms with Gasteiger partial charge in [-0.3, -0.25) is 9.59 Å². The van der Waals surface area contributed by atoms with E-state index in [1.54, 1.807) is 18.2 Å². The van der Waals surface area contributed by atoms with E-state index in [0.29, 0.717) is 16.8 Å². The van der Waals surface area contributed by atoms with Crippen LogP contribution in [0.4, 0.5) is 11.4 Å². The van der Waals surface area contributed by atoms with Crippen molar-refractivity contribution in [1.82, 2.24) is 5.32 Å². The molecule has 0 saturated carbocycles. The monoisotopic (exact) mass is 441 g/mol. The highest BCUT2D eigenvalue weighted by Crippen LogP contribution is 2.28. The van der Waals surface area contributed by atoms with E-state index in [9.17, 15) is 9.59 Å². The molecule has 3 aromatic rings. The number of amides is 2. The van der Waals surface area contributed by atoms with Crippen LogP contribution in [0, 0.1) is 0 Å². The second-order valence-electron chi connectivity index (χ2n) is 8.63. The van der Waals surface area contributed by atoms with Gasteiger partial charge in [0, 0.05) is 30.4 Å². The number of para-hydroxylation sites is 2. The van der Waals surface area contributed by atoms with Crippen LogP contribution in [0.25, 0.3) is 0 Å². The lowest BCUT2D eigenvalue weighted by molar-refractivity contribution is 0.0940. The Morgan fingerprint density at radius 3 is 2.45 bits per heavy atom. The van der Waals surface area contributed by atoms with Crippen molar-refractivity contribution in [3.05, 3.63) is 95.1 Å². The van der Waals surface area contributed by atoms with E-state index in [1.165, 1.54) is 11.3 Å². The highest BCUT2D eigenvalue weighted by Gasteiger charge is 2.18. The molecule has 1 aliphatic heterocycles. The van der Waals surface area contributed by atoms with Gasteiger partial charge in [0.05, 0.1) is 11.3 Å². The molecule has 1 atom stereocenters. The molecule has 0 unspecified atom stereocenters. The van der Waals surface area contributed by atoms with Gasteiger partial charge in [0.15, 0.2) is 0 Å². The van der Waals surface area contributed by atoms with Crippen molar-refractivity contribution >= 4 is 23.2 Å². The van der Waals surface area contributed by atoms with Crippen LogP contribution < -0.4 is 15.5 Å². The molecule has 4 rings (SSSR count). The van der Waals surface area contributed by atoms with Gasteiger partial charge < -0.3 is 15.5 Å². The molecule has 1 heterocycles. The average Bonchev–Trinajstić information content (AvgIpc) is 2.85. The number of hydrogen-bond donors (Lipinski definition) is 2. The molecule has 3 aromatic carbocycles. The molecule has 5 heteroatoms. The minimum atomic E-state index is -0.228. The number of carbonyl (C=O) groups is 2. The third-order valence-corrected chi connectivity index (χ3v) is 6.21.